The van der Waals surface area contributed by atoms with E-state index >= 15 is 0 Å². The first kappa shape index (κ1) is 19.7. The van der Waals surface area contributed by atoms with E-state index in [2.05, 4.69) is 40.6 Å². The number of amides is 1. The number of fused-ring (bicyclic) bond motifs is 1. The average Bonchev–Trinajstić information content (AvgIpc) is 3.18. The molecule has 30 heavy (non-hydrogen) atoms. The van der Waals surface area contributed by atoms with Crippen molar-refractivity contribution >= 4 is 22.5 Å². The summed E-state index contributed by atoms with van der Waals surface area (Å²) in [6, 6.07) is 22.4. The summed E-state index contributed by atoms with van der Waals surface area (Å²) < 4.78 is 14.0. The van der Waals surface area contributed by atoms with Crippen molar-refractivity contribution in [2.45, 2.75) is 5.92 Å². The molecule has 4 rings (SSSR count). The molecule has 0 spiro atoms. The molecule has 0 aliphatic heterocycles. The van der Waals surface area contributed by atoms with Crippen molar-refractivity contribution in [2.75, 3.05) is 25.5 Å². The number of aromatic nitrogens is 1. The van der Waals surface area contributed by atoms with E-state index in [1.807, 2.05) is 43.4 Å². The highest BCUT2D eigenvalue weighted by Gasteiger charge is 2.20. The Bertz CT molecular complexity index is 1160. The van der Waals surface area contributed by atoms with Crippen molar-refractivity contribution in [3.8, 4) is 0 Å². The van der Waals surface area contributed by atoms with Gasteiger partial charge in [-0.15, -0.1) is 0 Å². The average molecular weight is 401 g/mol. The Hall–Kier alpha value is -3.60. The van der Waals surface area contributed by atoms with Gasteiger partial charge in [0.1, 0.15) is 5.82 Å². The van der Waals surface area contributed by atoms with Crippen LogP contribution in [0.3, 0.4) is 0 Å². The lowest BCUT2D eigenvalue weighted by molar-refractivity contribution is 0.0948. The standard InChI is InChI=1S/C25H24FN3O/c1-29(2)18-13-11-17(12-14-18)21(22-16-27-24-10-6-4-7-19(22)24)15-28-25(30)20-8-3-5-9-23(20)26/h3-14,16,21,27H,15H2,1-2H3,(H,28,30)/t21-/m0/s1. The molecule has 0 radical (unpaired) electrons. The molecule has 1 aromatic heterocycles. The zero-order valence-corrected chi connectivity index (χ0v) is 17.0. The van der Waals surface area contributed by atoms with Crippen LogP contribution in [0.1, 0.15) is 27.4 Å². The lowest BCUT2D eigenvalue weighted by Crippen LogP contribution is -2.29. The molecule has 0 saturated carbocycles. The molecule has 0 unspecified atom stereocenters. The lowest BCUT2D eigenvalue weighted by Gasteiger charge is -2.20. The molecule has 3 aromatic carbocycles. The van der Waals surface area contributed by atoms with Gasteiger partial charge in [-0.25, -0.2) is 4.39 Å². The monoisotopic (exact) mass is 401 g/mol. The van der Waals surface area contributed by atoms with Gasteiger partial charge >= 0.3 is 0 Å². The maximum absolute atomic E-state index is 14.0. The molecule has 4 aromatic rings. The first-order valence-electron chi connectivity index (χ1n) is 9.90. The minimum atomic E-state index is -0.519. The van der Waals surface area contributed by atoms with Gasteiger partial charge in [0.05, 0.1) is 5.56 Å². The van der Waals surface area contributed by atoms with Gasteiger partial charge in [-0.1, -0.05) is 42.5 Å². The molecule has 0 aliphatic carbocycles. The summed E-state index contributed by atoms with van der Waals surface area (Å²) in [5, 5.41) is 4.04. The number of nitrogens with one attached hydrogen (secondary N) is 2. The number of hydrogen-bond donors (Lipinski definition) is 2. The van der Waals surface area contributed by atoms with E-state index in [1.54, 1.807) is 12.1 Å². The van der Waals surface area contributed by atoms with Crippen molar-refractivity contribution in [2.24, 2.45) is 0 Å². The third kappa shape index (κ3) is 3.92. The van der Waals surface area contributed by atoms with Crippen LogP contribution in [0.25, 0.3) is 10.9 Å². The fraction of sp³-hybridized carbons (Fsp3) is 0.160. The van der Waals surface area contributed by atoms with Crippen molar-refractivity contribution in [1.29, 1.82) is 0 Å². The van der Waals surface area contributed by atoms with Crippen LogP contribution < -0.4 is 10.2 Å². The van der Waals surface area contributed by atoms with Gasteiger partial charge in [-0.2, -0.15) is 0 Å². The fourth-order valence-electron chi connectivity index (χ4n) is 3.73. The number of H-pyrrole nitrogens is 1. The highest BCUT2D eigenvalue weighted by atomic mass is 19.1. The Labute approximate surface area is 175 Å². The van der Waals surface area contributed by atoms with Crippen molar-refractivity contribution in [1.82, 2.24) is 10.3 Å². The molecule has 152 valence electrons. The van der Waals surface area contributed by atoms with Gasteiger partial charge in [0.15, 0.2) is 0 Å². The zero-order valence-electron chi connectivity index (χ0n) is 17.0. The Balaban J connectivity index is 1.67. The smallest absolute Gasteiger partial charge is 0.254 e. The van der Waals surface area contributed by atoms with Crippen LogP contribution in [0.4, 0.5) is 10.1 Å². The van der Waals surface area contributed by atoms with Crippen LogP contribution >= 0.6 is 0 Å². The maximum Gasteiger partial charge on any atom is 0.254 e. The SMILES string of the molecule is CN(C)c1ccc([C@H](CNC(=O)c2ccccc2F)c2c[nH]c3ccccc23)cc1. The first-order valence-corrected chi connectivity index (χ1v) is 9.90. The van der Waals surface area contributed by atoms with E-state index in [0.29, 0.717) is 6.54 Å². The molecule has 0 saturated heterocycles. The fourth-order valence-corrected chi connectivity index (χ4v) is 3.73. The Kier molecular flexibility index (Phi) is 5.53. The second-order valence-corrected chi connectivity index (χ2v) is 7.52. The second-order valence-electron chi connectivity index (χ2n) is 7.52. The van der Waals surface area contributed by atoms with E-state index in [4.69, 9.17) is 0 Å². The number of benzene rings is 3. The molecule has 5 heteroatoms. The first-order chi connectivity index (χ1) is 14.5. The lowest BCUT2D eigenvalue weighted by atomic mass is 9.90. The highest BCUT2D eigenvalue weighted by molar-refractivity contribution is 5.94. The normalized spacial score (nSPS) is 12.0. The molecule has 1 heterocycles. The molecule has 1 atom stereocenters. The highest BCUT2D eigenvalue weighted by Crippen LogP contribution is 2.31. The van der Waals surface area contributed by atoms with Gasteiger partial charge in [0.2, 0.25) is 0 Å². The Morgan fingerprint density at radius 1 is 1.00 bits per heavy atom. The van der Waals surface area contributed by atoms with E-state index in [9.17, 15) is 9.18 Å². The third-order valence-corrected chi connectivity index (χ3v) is 5.39. The minimum Gasteiger partial charge on any atom is -0.378 e. The van der Waals surface area contributed by atoms with Crippen LogP contribution in [0.2, 0.25) is 0 Å². The van der Waals surface area contributed by atoms with Crippen LogP contribution in [-0.4, -0.2) is 31.5 Å². The summed E-state index contributed by atoms with van der Waals surface area (Å²) in [7, 11) is 4.00. The molecule has 4 nitrogen and oxygen atoms in total. The Morgan fingerprint density at radius 3 is 2.43 bits per heavy atom. The summed E-state index contributed by atoms with van der Waals surface area (Å²) in [4.78, 5) is 18.0. The van der Waals surface area contributed by atoms with Crippen molar-refractivity contribution < 1.29 is 9.18 Å². The van der Waals surface area contributed by atoms with Gasteiger partial charge in [0, 0.05) is 49.3 Å². The number of nitrogens with zero attached hydrogens (tertiary/aromatic N) is 1. The summed E-state index contributed by atoms with van der Waals surface area (Å²) in [6.07, 6.45) is 1.99. The number of hydrogen-bond acceptors (Lipinski definition) is 2. The summed E-state index contributed by atoms with van der Waals surface area (Å²) in [5.74, 6) is -1.01. The van der Waals surface area contributed by atoms with Crippen molar-refractivity contribution in [3.05, 3.63) is 102 Å². The topological polar surface area (TPSA) is 48.1 Å². The van der Waals surface area contributed by atoms with E-state index < -0.39 is 11.7 Å². The molecule has 0 fully saturated rings. The van der Waals surface area contributed by atoms with Gasteiger partial charge in [-0.05, 0) is 41.5 Å². The van der Waals surface area contributed by atoms with Gasteiger partial charge in [0.25, 0.3) is 5.91 Å². The number of rotatable bonds is 6. The van der Waals surface area contributed by atoms with Crippen LogP contribution in [0.5, 0.6) is 0 Å². The number of para-hydroxylation sites is 1. The molecule has 2 N–H and O–H groups in total. The number of carbonyl (C=O) groups is 1. The predicted octanol–water partition coefficient (Wildman–Crippen LogP) is 4.93. The van der Waals surface area contributed by atoms with E-state index in [-0.39, 0.29) is 11.5 Å². The molecular weight excluding hydrogens is 377 g/mol. The van der Waals surface area contributed by atoms with Crippen LogP contribution in [0, 0.1) is 5.82 Å². The molecule has 0 bridgehead atoms. The largest absolute Gasteiger partial charge is 0.378 e. The quantitative estimate of drug-likeness (QED) is 0.481. The molecule has 1 amide bonds. The second kappa shape index (κ2) is 8.41. The maximum atomic E-state index is 14.0. The summed E-state index contributed by atoms with van der Waals surface area (Å²) >= 11 is 0. The van der Waals surface area contributed by atoms with Crippen molar-refractivity contribution in [3.63, 3.8) is 0 Å². The summed E-state index contributed by atoms with van der Waals surface area (Å²) in [6.45, 7) is 0.357. The molecular formula is C25H24FN3O. The van der Waals surface area contributed by atoms with Crippen LogP contribution in [0.15, 0.2) is 79.0 Å². The van der Waals surface area contributed by atoms with Gasteiger partial charge in [-0.3, -0.25) is 4.79 Å². The minimum absolute atomic E-state index is 0.0538. The van der Waals surface area contributed by atoms with E-state index in [0.717, 1.165) is 27.7 Å². The Morgan fingerprint density at radius 2 is 1.70 bits per heavy atom. The third-order valence-electron chi connectivity index (χ3n) is 5.39. The number of carbonyl (C=O) groups excluding carboxylic acids is 1. The zero-order chi connectivity index (χ0) is 21.1. The van der Waals surface area contributed by atoms with Gasteiger partial charge < -0.3 is 15.2 Å². The van der Waals surface area contributed by atoms with Crippen LogP contribution in [-0.2, 0) is 0 Å². The number of anilines is 1. The van der Waals surface area contributed by atoms with E-state index in [1.165, 1.54) is 12.1 Å². The molecule has 0 aliphatic rings. The summed E-state index contributed by atoms with van der Waals surface area (Å²) in [5.41, 5.74) is 4.38. The number of halogens is 1. The number of aromatic amines is 1. The predicted molar refractivity (Wildman–Crippen MR) is 120 cm³/mol.